The highest BCUT2D eigenvalue weighted by Gasteiger charge is 2.10. The van der Waals surface area contributed by atoms with Gasteiger partial charge in [0, 0.05) is 11.4 Å². The van der Waals surface area contributed by atoms with Crippen LogP contribution in [0.1, 0.15) is 5.82 Å². The Labute approximate surface area is 89.5 Å². The van der Waals surface area contributed by atoms with Gasteiger partial charge in [0.2, 0.25) is 0 Å². The van der Waals surface area contributed by atoms with Gasteiger partial charge >= 0.3 is 0 Å². The first kappa shape index (κ1) is 9.48. The lowest BCUT2D eigenvalue weighted by Gasteiger charge is -1.88. The van der Waals surface area contributed by atoms with E-state index in [9.17, 15) is 0 Å². The Morgan fingerprint density at radius 3 is 3.07 bits per heavy atom. The van der Waals surface area contributed by atoms with Crippen LogP contribution in [0, 0.1) is 0 Å². The summed E-state index contributed by atoms with van der Waals surface area (Å²) in [5, 5.41) is 5.57. The van der Waals surface area contributed by atoms with Crippen molar-refractivity contribution in [1.82, 2.24) is 10.1 Å². The molecule has 0 amide bonds. The maximum atomic E-state index is 5.55. The first-order valence-electron chi connectivity index (χ1n) is 3.85. The number of halogens is 1. The van der Waals surface area contributed by atoms with Crippen molar-refractivity contribution in [2.75, 3.05) is 7.11 Å². The lowest BCUT2D eigenvalue weighted by Crippen LogP contribution is -1.79. The van der Waals surface area contributed by atoms with Crippen LogP contribution in [0.2, 0.25) is 0 Å². The number of thiophene rings is 1. The fourth-order valence-electron chi connectivity index (χ4n) is 0.946. The van der Waals surface area contributed by atoms with Crippen molar-refractivity contribution >= 4 is 22.9 Å². The molecule has 0 spiro atoms. The van der Waals surface area contributed by atoms with Crippen molar-refractivity contribution in [3.8, 4) is 16.5 Å². The maximum Gasteiger partial charge on any atom is 0.268 e. The van der Waals surface area contributed by atoms with Gasteiger partial charge in [0.15, 0.2) is 5.82 Å². The Hall–Kier alpha value is -1.07. The fraction of sp³-hybridized carbons (Fsp3) is 0.250. The summed E-state index contributed by atoms with van der Waals surface area (Å²) in [5.74, 6) is 2.02. The van der Waals surface area contributed by atoms with E-state index in [1.807, 2.05) is 11.4 Å². The van der Waals surface area contributed by atoms with Gasteiger partial charge in [-0.15, -0.1) is 22.9 Å². The van der Waals surface area contributed by atoms with Gasteiger partial charge in [0.05, 0.1) is 17.9 Å². The minimum absolute atomic E-state index is 0.256. The van der Waals surface area contributed by atoms with Gasteiger partial charge in [0.25, 0.3) is 5.89 Å². The third-order valence-electron chi connectivity index (χ3n) is 1.61. The van der Waals surface area contributed by atoms with Crippen LogP contribution in [0.15, 0.2) is 16.0 Å². The lowest BCUT2D eigenvalue weighted by molar-refractivity contribution is 0.415. The molecule has 0 aromatic carbocycles. The largest absolute Gasteiger partial charge is 0.496 e. The molecule has 2 aromatic heterocycles. The summed E-state index contributed by atoms with van der Waals surface area (Å²) >= 11 is 7.04. The summed E-state index contributed by atoms with van der Waals surface area (Å²) in [6.07, 6.45) is 0. The second-order valence-electron chi connectivity index (χ2n) is 2.50. The average molecular weight is 231 g/mol. The van der Waals surface area contributed by atoms with Crippen molar-refractivity contribution in [2.45, 2.75) is 5.88 Å². The summed E-state index contributed by atoms with van der Waals surface area (Å²) in [5.41, 5.74) is 0. The van der Waals surface area contributed by atoms with E-state index < -0.39 is 0 Å². The van der Waals surface area contributed by atoms with Crippen molar-refractivity contribution in [1.29, 1.82) is 0 Å². The zero-order chi connectivity index (χ0) is 9.97. The molecule has 0 atom stereocenters. The van der Waals surface area contributed by atoms with Gasteiger partial charge in [-0.1, -0.05) is 5.16 Å². The van der Waals surface area contributed by atoms with Crippen LogP contribution in [0.5, 0.6) is 5.75 Å². The number of hydrogen-bond acceptors (Lipinski definition) is 5. The predicted molar refractivity (Wildman–Crippen MR) is 53.7 cm³/mol. The SMILES string of the molecule is COc1csc(-c2nc(CCl)no2)c1. The number of methoxy groups -OCH3 is 1. The molecule has 74 valence electrons. The molecule has 4 nitrogen and oxygen atoms in total. The maximum absolute atomic E-state index is 5.55. The summed E-state index contributed by atoms with van der Waals surface area (Å²) in [6, 6.07) is 1.84. The van der Waals surface area contributed by atoms with Crippen LogP contribution >= 0.6 is 22.9 Å². The first-order valence-corrected chi connectivity index (χ1v) is 5.26. The molecule has 0 aliphatic heterocycles. The molecule has 2 heterocycles. The molecule has 2 aromatic rings. The molecule has 0 radical (unpaired) electrons. The van der Waals surface area contributed by atoms with Gasteiger partial charge in [-0.2, -0.15) is 4.98 Å². The Kier molecular flexibility index (Phi) is 2.69. The predicted octanol–water partition coefficient (Wildman–Crippen LogP) is 2.55. The Balaban J connectivity index is 2.29. The molecule has 2 rings (SSSR count). The van der Waals surface area contributed by atoms with Gasteiger partial charge in [0.1, 0.15) is 5.75 Å². The molecule has 0 bridgehead atoms. The van der Waals surface area contributed by atoms with E-state index in [4.69, 9.17) is 20.9 Å². The standard InChI is InChI=1S/C8H7ClN2O2S/c1-12-5-2-6(14-4-5)8-10-7(3-9)11-13-8/h2,4H,3H2,1H3. The van der Waals surface area contributed by atoms with Gasteiger partial charge in [-0.05, 0) is 0 Å². The highest BCUT2D eigenvalue weighted by atomic mass is 35.5. The number of hydrogen-bond donors (Lipinski definition) is 0. The lowest BCUT2D eigenvalue weighted by atomic mass is 10.4. The van der Waals surface area contributed by atoms with E-state index in [-0.39, 0.29) is 5.88 Å². The van der Waals surface area contributed by atoms with Crippen molar-refractivity contribution in [2.24, 2.45) is 0 Å². The molecule has 0 saturated carbocycles. The zero-order valence-corrected chi connectivity index (χ0v) is 8.93. The Bertz CT molecular complexity index is 386. The van der Waals surface area contributed by atoms with Gasteiger partial charge in [-0.25, -0.2) is 0 Å². The van der Waals surface area contributed by atoms with Gasteiger partial charge in [-0.3, -0.25) is 0 Å². The number of nitrogens with zero attached hydrogens (tertiary/aromatic N) is 2. The van der Waals surface area contributed by atoms with E-state index in [1.165, 1.54) is 11.3 Å². The quantitative estimate of drug-likeness (QED) is 0.761. The third kappa shape index (κ3) is 1.73. The van der Waals surface area contributed by atoms with Crippen molar-refractivity contribution in [3.63, 3.8) is 0 Å². The fourth-order valence-corrected chi connectivity index (χ4v) is 1.83. The first-order chi connectivity index (χ1) is 6.83. The molecule has 6 heteroatoms. The van der Waals surface area contributed by atoms with Crippen LogP contribution in [-0.4, -0.2) is 17.3 Å². The van der Waals surface area contributed by atoms with Gasteiger partial charge < -0.3 is 9.26 Å². The zero-order valence-electron chi connectivity index (χ0n) is 7.36. The van der Waals surface area contributed by atoms with E-state index >= 15 is 0 Å². The normalized spacial score (nSPS) is 10.4. The monoisotopic (exact) mass is 230 g/mol. The molecule has 0 aliphatic carbocycles. The number of ether oxygens (including phenoxy) is 1. The minimum Gasteiger partial charge on any atom is -0.496 e. The van der Waals surface area contributed by atoms with Crippen LogP contribution in [0.4, 0.5) is 0 Å². The van der Waals surface area contributed by atoms with Crippen LogP contribution in [0.25, 0.3) is 10.8 Å². The summed E-state index contributed by atoms with van der Waals surface area (Å²) in [6.45, 7) is 0. The summed E-state index contributed by atoms with van der Waals surface area (Å²) in [4.78, 5) is 4.97. The molecule has 0 fully saturated rings. The number of rotatable bonds is 3. The molecular weight excluding hydrogens is 224 g/mol. The number of alkyl halides is 1. The smallest absolute Gasteiger partial charge is 0.268 e. The molecular formula is C8H7ClN2O2S. The average Bonchev–Trinajstić information content (AvgIpc) is 2.86. The third-order valence-corrected chi connectivity index (χ3v) is 2.75. The minimum atomic E-state index is 0.256. The summed E-state index contributed by atoms with van der Waals surface area (Å²) in [7, 11) is 1.61. The van der Waals surface area contributed by atoms with Crippen molar-refractivity contribution < 1.29 is 9.26 Å². The second kappa shape index (κ2) is 3.98. The molecule has 0 unspecified atom stereocenters. The Morgan fingerprint density at radius 2 is 2.50 bits per heavy atom. The van der Waals surface area contributed by atoms with E-state index in [0.717, 1.165) is 10.6 Å². The molecule has 0 aliphatic rings. The van der Waals surface area contributed by atoms with Crippen LogP contribution < -0.4 is 4.74 Å². The van der Waals surface area contributed by atoms with E-state index in [1.54, 1.807) is 7.11 Å². The molecule has 14 heavy (non-hydrogen) atoms. The van der Waals surface area contributed by atoms with Crippen molar-refractivity contribution in [3.05, 3.63) is 17.3 Å². The van der Waals surface area contributed by atoms with E-state index in [0.29, 0.717) is 11.7 Å². The highest BCUT2D eigenvalue weighted by molar-refractivity contribution is 7.13. The Morgan fingerprint density at radius 1 is 1.64 bits per heavy atom. The van der Waals surface area contributed by atoms with Crippen LogP contribution in [-0.2, 0) is 5.88 Å². The van der Waals surface area contributed by atoms with E-state index in [2.05, 4.69) is 10.1 Å². The van der Waals surface area contributed by atoms with Crippen LogP contribution in [0.3, 0.4) is 0 Å². The topological polar surface area (TPSA) is 48.2 Å². The summed E-state index contributed by atoms with van der Waals surface area (Å²) < 4.78 is 10.1. The molecule has 0 N–H and O–H groups in total. The highest BCUT2D eigenvalue weighted by Crippen LogP contribution is 2.29. The number of aromatic nitrogens is 2. The second-order valence-corrected chi connectivity index (χ2v) is 3.68. The molecule has 0 saturated heterocycles.